The second-order valence-corrected chi connectivity index (χ2v) is 8.76. The molecule has 0 spiro atoms. The molecule has 0 N–H and O–H groups in total. The van der Waals surface area contributed by atoms with E-state index in [-0.39, 0.29) is 22.7 Å². The molecule has 1 heterocycles. The number of benzene rings is 1. The Kier molecular flexibility index (Phi) is 5.03. The molecule has 2 rings (SSSR count). The van der Waals surface area contributed by atoms with E-state index in [0.717, 1.165) is 17.8 Å². The first-order chi connectivity index (χ1) is 11.0. The van der Waals surface area contributed by atoms with Crippen molar-refractivity contribution in [3.05, 3.63) is 53.3 Å². The molecule has 130 valence electrons. The number of nitrogens with zero attached hydrogens (tertiary/aromatic N) is 2. The Bertz CT molecular complexity index is 700. The van der Waals surface area contributed by atoms with Gasteiger partial charge in [-0.3, -0.25) is 4.79 Å². The highest BCUT2D eigenvalue weighted by atomic mass is 16.2. The van der Waals surface area contributed by atoms with Gasteiger partial charge in [-0.05, 0) is 18.1 Å². The Balaban J connectivity index is 2.35. The van der Waals surface area contributed by atoms with E-state index in [1.54, 1.807) is 4.68 Å². The summed E-state index contributed by atoms with van der Waals surface area (Å²) in [5.41, 5.74) is 2.93. The predicted molar refractivity (Wildman–Crippen MR) is 99.6 cm³/mol. The summed E-state index contributed by atoms with van der Waals surface area (Å²) in [6.45, 7) is 14.8. The molecule has 0 fully saturated rings. The second-order valence-electron chi connectivity index (χ2n) is 8.76. The SMILES string of the molecule is CC(Cc1ccccc1)C(=O)n1nc(C(C)(C)C)cc1C(C)(C)C. The second kappa shape index (κ2) is 6.54. The van der Waals surface area contributed by atoms with Gasteiger partial charge in [0.15, 0.2) is 0 Å². The fourth-order valence-corrected chi connectivity index (χ4v) is 2.71. The fourth-order valence-electron chi connectivity index (χ4n) is 2.71. The van der Waals surface area contributed by atoms with Crippen molar-refractivity contribution < 1.29 is 4.79 Å². The molecule has 2 aromatic rings. The summed E-state index contributed by atoms with van der Waals surface area (Å²) in [6.07, 6.45) is 0.730. The third-order valence-corrected chi connectivity index (χ3v) is 4.26. The molecule has 0 saturated heterocycles. The highest BCUT2D eigenvalue weighted by Crippen LogP contribution is 2.29. The van der Waals surface area contributed by atoms with Gasteiger partial charge in [0.25, 0.3) is 0 Å². The van der Waals surface area contributed by atoms with Crippen LogP contribution in [0.1, 0.15) is 70.2 Å². The van der Waals surface area contributed by atoms with Gasteiger partial charge in [0.2, 0.25) is 5.91 Å². The van der Waals surface area contributed by atoms with Crippen LogP contribution in [0.2, 0.25) is 0 Å². The van der Waals surface area contributed by atoms with E-state index >= 15 is 0 Å². The smallest absolute Gasteiger partial charge is 0.250 e. The van der Waals surface area contributed by atoms with Gasteiger partial charge >= 0.3 is 0 Å². The lowest BCUT2D eigenvalue weighted by Crippen LogP contribution is -2.28. The normalized spacial score (nSPS) is 13.8. The van der Waals surface area contributed by atoms with Gasteiger partial charge in [-0.25, -0.2) is 4.68 Å². The van der Waals surface area contributed by atoms with Crippen LogP contribution in [0, 0.1) is 5.92 Å². The standard InChI is InChI=1S/C21H30N2O/c1-15(13-16-11-9-8-10-12-16)19(24)23-18(21(5,6)7)14-17(22-23)20(2,3)4/h8-12,14-15H,13H2,1-7H3. The minimum Gasteiger partial charge on any atom is -0.272 e. The zero-order chi connectivity index (χ0) is 18.1. The summed E-state index contributed by atoms with van der Waals surface area (Å²) < 4.78 is 1.65. The summed E-state index contributed by atoms with van der Waals surface area (Å²) in [6, 6.07) is 12.2. The first-order valence-electron chi connectivity index (χ1n) is 8.69. The Hall–Kier alpha value is -1.90. The molecule has 1 aromatic heterocycles. The molecule has 1 unspecified atom stereocenters. The number of carbonyl (C=O) groups is 1. The number of hydrogen-bond donors (Lipinski definition) is 0. The average Bonchev–Trinajstić information content (AvgIpc) is 2.92. The van der Waals surface area contributed by atoms with Crippen LogP contribution in [0.15, 0.2) is 36.4 Å². The predicted octanol–water partition coefficient (Wildman–Crippen LogP) is 5.00. The molecule has 0 amide bonds. The minimum atomic E-state index is -0.126. The van der Waals surface area contributed by atoms with Crippen molar-refractivity contribution in [1.29, 1.82) is 0 Å². The molecule has 0 bridgehead atoms. The third-order valence-electron chi connectivity index (χ3n) is 4.26. The van der Waals surface area contributed by atoms with Crippen molar-refractivity contribution in [2.45, 2.75) is 65.7 Å². The molecule has 0 aliphatic carbocycles. The van der Waals surface area contributed by atoms with Crippen molar-refractivity contribution in [3.63, 3.8) is 0 Å². The van der Waals surface area contributed by atoms with E-state index in [0.29, 0.717) is 0 Å². The molecule has 0 aliphatic heterocycles. The van der Waals surface area contributed by atoms with Crippen LogP contribution in [-0.4, -0.2) is 15.7 Å². The Morgan fingerprint density at radius 2 is 1.62 bits per heavy atom. The lowest BCUT2D eigenvalue weighted by molar-refractivity contribution is 0.0818. The van der Waals surface area contributed by atoms with Gasteiger partial charge in [-0.2, -0.15) is 5.10 Å². The van der Waals surface area contributed by atoms with E-state index < -0.39 is 0 Å². The van der Waals surface area contributed by atoms with Crippen molar-refractivity contribution in [2.24, 2.45) is 5.92 Å². The largest absolute Gasteiger partial charge is 0.272 e. The quantitative estimate of drug-likeness (QED) is 0.796. The molecular formula is C21H30N2O. The van der Waals surface area contributed by atoms with E-state index in [1.165, 1.54) is 5.56 Å². The number of carbonyl (C=O) groups excluding carboxylic acids is 1. The Morgan fingerprint density at radius 3 is 2.12 bits per heavy atom. The zero-order valence-corrected chi connectivity index (χ0v) is 16.1. The first-order valence-corrected chi connectivity index (χ1v) is 8.69. The van der Waals surface area contributed by atoms with Crippen LogP contribution in [0.4, 0.5) is 0 Å². The van der Waals surface area contributed by atoms with Crippen LogP contribution in [0.3, 0.4) is 0 Å². The van der Waals surface area contributed by atoms with Crippen LogP contribution in [0.25, 0.3) is 0 Å². The van der Waals surface area contributed by atoms with Gasteiger partial charge < -0.3 is 0 Å². The van der Waals surface area contributed by atoms with Gasteiger partial charge in [0.05, 0.1) is 11.4 Å². The molecule has 1 atom stereocenters. The van der Waals surface area contributed by atoms with Gasteiger partial charge in [-0.1, -0.05) is 78.8 Å². The van der Waals surface area contributed by atoms with E-state index in [2.05, 4.69) is 64.8 Å². The highest BCUT2D eigenvalue weighted by molar-refractivity contribution is 5.81. The zero-order valence-electron chi connectivity index (χ0n) is 16.1. The highest BCUT2D eigenvalue weighted by Gasteiger charge is 2.29. The summed E-state index contributed by atoms with van der Waals surface area (Å²) in [7, 11) is 0. The molecule has 0 saturated carbocycles. The van der Waals surface area contributed by atoms with Crippen LogP contribution >= 0.6 is 0 Å². The van der Waals surface area contributed by atoms with Gasteiger partial charge in [0.1, 0.15) is 0 Å². The lowest BCUT2D eigenvalue weighted by atomic mass is 9.87. The van der Waals surface area contributed by atoms with E-state index in [9.17, 15) is 4.79 Å². The van der Waals surface area contributed by atoms with Crippen molar-refractivity contribution in [1.82, 2.24) is 9.78 Å². The lowest BCUT2D eigenvalue weighted by Gasteiger charge is -2.21. The van der Waals surface area contributed by atoms with Crippen LogP contribution in [-0.2, 0) is 17.3 Å². The summed E-state index contributed by atoms with van der Waals surface area (Å²) in [4.78, 5) is 13.1. The number of aromatic nitrogens is 2. The van der Waals surface area contributed by atoms with Gasteiger partial charge in [-0.15, -0.1) is 0 Å². The van der Waals surface area contributed by atoms with Crippen molar-refractivity contribution >= 4 is 5.91 Å². The summed E-state index contributed by atoms with van der Waals surface area (Å²) in [5.74, 6) is -0.0412. The maximum absolute atomic E-state index is 13.1. The Labute approximate surface area is 146 Å². The topological polar surface area (TPSA) is 34.9 Å². The average molecular weight is 326 g/mol. The third kappa shape index (κ3) is 4.14. The van der Waals surface area contributed by atoms with Crippen LogP contribution in [0.5, 0.6) is 0 Å². The minimum absolute atomic E-state index is 0.0688. The van der Waals surface area contributed by atoms with Crippen molar-refractivity contribution in [2.75, 3.05) is 0 Å². The molecule has 24 heavy (non-hydrogen) atoms. The monoisotopic (exact) mass is 326 g/mol. The molecular weight excluding hydrogens is 296 g/mol. The van der Waals surface area contributed by atoms with E-state index in [1.807, 2.05) is 25.1 Å². The molecule has 3 heteroatoms. The van der Waals surface area contributed by atoms with Gasteiger partial charge in [0, 0.05) is 16.7 Å². The van der Waals surface area contributed by atoms with Crippen LogP contribution < -0.4 is 0 Å². The first kappa shape index (κ1) is 18.4. The number of rotatable bonds is 3. The van der Waals surface area contributed by atoms with E-state index in [4.69, 9.17) is 0 Å². The maximum Gasteiger partial charge on any atom is 0.250 e. The fraction of sp³-hybridized carbons (Fsp3) is 0.524. The summed E-state index contributed by atoms with van der Waals surface area (Å²) >= 11 is 0. The molecule has 1 aromatic carbocycles. The maximum atomic E-state index is 13.1. The molecule has 3 nitrogen and oxygen atoms in total. The molecule has 0 radical (unpaired) electrons. The Morgan fingerprint density at radius 1 is 1.04 bits per heavy atom. The summed E-state index contributed by atoms with van der Waals surface area (Å²) in [5, 5.41) is 4.68. The van der Waals surface area contributed by atoms with Crippen molar-refractivity contribution in [3.8, 4) is 0 Å². The number of hydrogen-bond acceptors (Lipinski definition) is 2. The molecule has 0 aliphatic rings.